The van der Waals surface area contributed by atoms with Gasteiger partial charge in [0.15, 0.2) is 5.78 Å². The summed E-state index contributed by atoms with van der Waals surface area (Å²) in [6.45, 7) is 27.7. The summed E-state index contributed by atoms with van der Waals surface area (Å²) in [4.78, 5) is 93.9. The lowest BCUT2D eigenvalue weighted by atomic mass is 9.81. The van der Waals surface area contributed by atoms with Gasteiger partial charge < -0.3 is 62.3 Å². The molecule has 0 atom stereocenters. The maximum Gasteiger partial charge on any atom is 0.456 e. The van der Waals surface area contributed by atoms with Crippen LogP contribution in [-0.2, 0) is 54.5 Å². The number of ketones is 2. The second-order valence-corrected chi connectivity index (χ2v) is 36.9. The van der Waals surface area contributed by atoms with Crippen LogP contribution in [0.15, 0.2) is 115 Å². The molecular formula is C95H120Cl2F6N12O11. The Bertz CT molecular complexity index is 5370. The van der Waals surface area contributed by atoms with Gasteiger partial charge in [-0.25, -0.2) is 0 Å². The largest absolute Gasteiger partial charge is 0.508 e. The number of hydrogen-bond acceptors (Lipinski definition) is 15. The van der Waals surface area contributed by atoms with Gasteiger partial charge in [0.25, 0.3) is 29.4 Å². The van der Waals surface area contributed by atoms with E-state index < -0.39 is 40.3 Å². The number of piperidine rings is 4. The van der Waals surface area contributed by atoms with E-state index in [9.17, 15) is 60.2 Å². The molecule has 0 bridgehead atoms. The van der Waals surface area contributed by atoms with Gasteiger partial charge >= 0.3 is 12.4 Å². The third kappa shape index (κ3) is 18.3. The number of benzene rings is 4. The fourth-order valence-electron chi connectivity index (χ4n) is 20.1. The first kappa shape index (κ1) is 94.0. The van der Waals surface area contributed by atoms with Gasteiger partial charge in [-0.1, -0.05) is 50.0 Å². The van der Waals surface area contributed by atoms with Crippen LogP contribution in [0.5, 0.6) is 23.0 Å². The van der Waals surface area contributed by atoms with E-state index in [0.717, 1.165) is 116 Å². The summed E-state index contributed by atoms with van der Waals surface area (Å²) in [6, 6.07) is 33.7. The summed E-state index contributed by atoms with van der Waals surface area (Å²) in [6.07, 6.45) is -3.04. The molecule has 8 aliphatic rings. The van der Waals surface area contributed by atoms with Crippen molar-refractivity contribution >= 4 is 58.4 Å². The highest BCUT2D eigenvalue weighted by Crippen LogP contribution is 2.50. The number of halogens is 8. The Hall–Kier alpha value is -9.62. The van der Waals surface area contributed by atoms with Crippen LogP contribution >= 0.6 is 23.2 Å². The Labute approximate surface area is 745 Å². The van der Waals surface area contributed by atoms with Crippen molar-refractivity contribution in [3.63, 3.8) is 0 Å². The number of phenolic OH excluding ortho intramolecular Hbond substituents is 1. The van der Waals surface area contributed by atoms with Crippen molar-refractivity contribution in [1.82, 2.24) is 57.5 Å². The number of aromatic nitrogens is 4. The van der Waals surface area contributed by atoms with Crippen molar-refractivity contribution in [1.29, 1.82) is 0 Å². The number of aliphatic hydroxyl groups is 1. The molecule has 23 nitrogen and oxygen atoms in total. The van der Waals surface area contributed by atoms with Crippen molar-refractivity contribution in [3.05, 3.63) is 210 Å². The van der Waals surface area contributed by atoms with E-state index in [0.29, 0.717) is 137 Å². The van der Waals surface area contributed by atoms with E-state index in [1.165, 1.54) is 32.7 Å². The van der Waals surface area contributed by atoms with Crippen LogP contribution in [0.3, 0.4) is 0 Å². The zero-order valence-corrected chi connectivity index (χ0v) is 76.1. The Balaban J connectivity index is 0.000000154. The fourth-order valence-corrected chi connectivity index (χ4v) is 20.7. The highest BCUT2D eigenvalue weighted by molar-refractivity contribution is 6.31. The molecular weight excluding hydrogens is 1670 g/mol. The zero-order valence-electron chi connectivity index (χ0n) is 74.6. The smallest absolute Gasteiger partial charge is 0.456 e. The molecule has 0 saturated carbocycles. The van der Waals surface area contributed by atoms with E-state index >= 15 is 0 Å². The molecule has 4 amide bonds. The number of rotatable bonds is 13. The Morgan fingerprint density at radius 1 is 0.468 bits per heavy atom. The number of carbonyl (C=O) groups excluding carboxylic acids is 6. The number of carbonyl (C=O) groups is 6. The maximum absolute atomic E-state index is 13.5. The molecule has 31 heteroatoms. The molecule has 0 unspecified atom stereocenters. The zero-order chi connectivity index (χ0) is 91.2. The molecule has 4 fully saturated rings. The van der Waals surface area contributed by atoms with E-state index in [1.807, 2.05) is 128 Å². The molecule has 126 heavy (non-hydrogen) atoms. The molecule has 0 radical (unpaired) electrons. The predicted molar refractivity (Wildman–Crippen MR) is 473 cm³/mol. The number of likely N-dealkylation sites (N-methyl/N-ethyl adjacent to an activating group) is 4. The highest BCUT2D eigenvalue weighted by Gasteiger charge is 2.53. The van der Waals surface area contributed by atoms with Gasteiger partial charge in [0.1, 0.15) is 33.8 Å². The number of ether oxygens (including phenoxy) is 3. The molecule has 8 aromatic rings. The molecule has 0 aliphatic carbocycles. The lowest BCUT2D eigenvalue weighted by Gasteiger charge is -2.50. The van der Waals surface area contributed by atoms with Gasteiger partial charge in [-0.2, -0.15) is 26.3 Å². The van der Waals surface area contributed by atoms with Gasteiger partial charge in [-0.05, 0) is 247 Å². The third-order valence-electron chi connectivity index (χ3n) is 27.5. The summed E-state index contributed by atoms with van der Waals surface area (Å²) in [5.41, 5.74) is 7.43. The van der Waals surface area contributed by atoms with E-state index in [1.54, 1.807) is 60.2 Å². The predicted octanol–water partition coefficient (Wildman–Crippen LogP) is 16.3. The minimum absolute atomic E-state index is 0. The summed E-state index contributed by atoms with van der Waals surface area (Å²) < 4.78 is 104. The van der Waals surface area contributed by atoms with Crippen molar-refractivity contribution in [3.8, 4) is 23.0 Å². The second-order valence-electron chi connectivity index (χ2n) is 36.2. The maximum atomic E-state index is 13.5. The van der Waals surface area contributed by atoms with Crippen LogP contribution < -0.4 is 14.2 Å². The number of methoxy groups -OCH3 is 1. The van der Waals surface area contributed by atoms with Gasteiger partial charge in [-0.3, -0.25) is 48.4 Å². The average molecular weight is 1790 g/mol. The topological polar surface area (TPSA) is 216 Å². The molecule has 4 saturated heterocycles. The number of aryl methyl sites for hydroxylation is 3. The van der Waals surface area contributed by atoms with Crippen LogP contribution in [0.1, 0.15) is 207 Å². The van der Waals surface area contributed by atoms with E-state index in [-0.39, 0.29) is 77.6 Å². The Morgan fingerprint density at radius 2 is 0.857 bits per heavy atom. The van der Waals surface area contributed by atoms with Crippen molar-refractivity contribution in [2.24, 2.45) is 5.41 Å². The summed E-state index contributed by atoms with van der Waals surface area (Å²) >= 11 is 12.8. The number of likely N-dealkylation sites (tertiary alicyclic amines) is 4. The molecule has 8 aliphatic heterocycles. The van der Waals surface area contributed by atoms with Crippen molar-refractivity contribution in [2.75, 3.05) is 127 Å². The standard InChI is InChI=1S/C28H39N3O4.C23H30ClN3O2.C22H25ClF3N3O2.C22H24F3N3O3.H2/c1-20-19-21(7-9-23(20)35-18-6-17-32)26(34)30-13-11-28(12-14-30)24-10-8-22(25(33)27(2,3)4)31(24)16-15-29(28)5;1-16(2)29-19-6-5-18(15-17(19)3)22(28)26-11-9-23(10-12-26)20-7-8-21(24)27(20)14-13-25(23)4;1-14-12-15(4-5-17(14)31-3)20(30)28-8-6-21(7-9-28)19-16(23)13-18(22(24,25)26)29(19)11-10-27(21)2;1-14-15(4-3-5-17(14)29)20(31)27-10-8-21(9-11-27)18-7-6-16(19(30)22(23,24)25)28(18)13-12-26(21)2;/h7-10,19,32H,6,11-18H2,1-5H3;5-8,15-16H,9-14H2,1-4H3;4-5,12-13H,6-11H2,1-3H3;3-7,29H,8-13H2,1-2H3;1H. The second kappa shape index (κ2) is 37.2. The van der Waals surface area contributed by atoms with Crippen LogP contribution in [0.25, 0.3) is 0 Å². The van der Waals surface area contributed by atoms with Crippen LogP contribution in [0, 0.1) is 33.1 Å². The number of alkyl halides is 6. The summed E-state index contributed by atoms with van der Waals surface area (Å²) in [7, 11) is 9.79. The van der Waals surface area contributed by atoms with Crippen LogP contribution in [0.2, 0.25) is 10.2 Å². The summed E-state index contributed by atoms with van der Waals surface area (Å²) in [5.74, 6) is 0.601. The number of nitrogens with zero attached hydrogens (tertiary/aromatic N) is 12. The first-order chi connectivity index (χ1) is 59.5. The molecule has 682 valence electrons. The number of Topliss-reactive ketones (excluding diaryl/α,β-unsaturated/α-hetero) is 2. The number of hydrogen-bond donors (Lipinski definition) is 2. The lowest BCUT2D eigenvalue weighted by Crippen LogP contribution is -2.57. The number of amides is 4. The highest BCUT2D eigenvalue weighted by atomic mass is 35.5. The number of aromatic hydroxyl groups is 1. The van der Waals surface area contributed by atoms with Gasteiger partial charge in [0.05, 0.1) is 64.1 Å². The Morgan fingerprint density at radius 3 is 1.27 bits per heavy atom. The molecule has 2 N–H and O–H groups in total. The molecule has 4 aromatic heterocycles. The minimum Gasteiger partial charge on any atom is -0.508 e. The fraction of sp³-hybridized carbons (Fsp3) is 0.516. The first-order valence-corrected chi connectivity index (χ1v) is 44.3. The normalized spacial score (nSPS) is 18.6. The number of aliphatic hydroxyl groups excluding tert-OH is 1. The Kier molecular flexibility index (Phi) is 27.8. The van der Waals surface area contributed by atoms with Crippen LogP contribution in [0.4, 0.5) is 26.3 Å². The summed E-state index contributed by atoms with van der Waals surface area (Å²) in [5, 5.41) is 19.8. The molecule has 16 rings (SSSR count). The number of phenols is 1. The average Bonchev–Trinajstić information content (AvgIpc) is 1.61. The molecule has 12 heterocycles. The van der Waals surface area contributed by atoms with Crippen LogP contribution in [-0.4, -0.2) is 242 Å². The van der Waals surface area contributed by atoms with E-state index in [2.05, 4.69) is 55.0 Å². The monoisotopic (exact) mass is 1790 g/mol. The lowest BCUT2D eigenvalue weighted by molar-refractivity contribution is -0.144. The van der Waals surface area contributed by atoms with Crippen molar-refractivity contribution in [2.45, 2.75) is 187 Å². The number of fused-ring (bicyclic) bond motifs is 8. The van der Waals surface area contributed by atoms with Gasteiger partial charge in [0.2, 0.25) is 0 Å². The molecule has 4 aromatic carbocycles. The van der Waals surface area contributed by atoms with E-state index in [4.69, 9.17) is 42.5 Å². The van der Waals surface area contributed by atoms with Gasteiger partial charge in [-0.15, -0.1) is 0 Å². The quantitative estimate of drug-likeness (QED) is 0.0623. The third-order valence-corrected chi connectivity index (χ3v) is 28.1. The molecule has 4 spiro atoms. The minimum atomic E-state index is -4.92. The first-order valence-electron chi connectivity index (χ1n) is 43.5. The SMILES string of the molecule is COc1ccc(C(=O)N2CCC3(CC2)c2c(Cl)cc(C(F)(F)F)n2CCN3C)cc1C.Cc1c(O)cccc1C(=O)N1CCC2(CC1)c1ccc(C(=O)C(F)(F)F)n1CCN2C.Cc1cc(C(=O)N2CCC3(CC2)c2ccc(C(=O)C(C)(C)C)n2CCN3C)ccc1OCCCO.Cc1cc(C(=O)N2CCC3(CC2)c2ccc(Cl)n2CCN3C)ccc1OC(C)C.[HH]. The van der Waals surface area contributed by atoms with Gasteiger partial charge in [0, 0.05) is 169 Å². The van der Waals surface area contributed by atoms with Crippen molar-refractivity contribution < 1.29 is 81.0 Å².